The van der Waals surface area contributed by atoms with Crippen molar-refractivity contribution in [2.75, 3.05) is 0 Å². The molecule has 1 unspecified atom stereocenters. The summed E-state index contributed by atoms with van der Waals surface area (Å²) >= 11 is 1.38. The van der Waals surface area contributed by atoms with E-state index in [9.17, 15) is 17.6 Å². The van der Waals surface area contributed by atoms with Gasteiger partial charge >= 0.3 is 6.18 Å². The Balaban J connectivity index is 2.40. The minimum Gasteiger partial charge on any atom is -0.320 e. The van der Waals surface area contributed by atoms with Crippen LogP contribution < -0.4 is 5.73 Å². The molecule has 1 atom stereocenters. The van der Waals surface area contributed by atoms with Crippen LogP contribution in [0.2, 0.25) is 0 Å². The number of alkyl halides is 3. The molecule has 0 saturated carbocycles. The lowest BCUT2D eigenvalue weighted by atomic mass is 10.0. The lowest BCUT2D eigenvalue weighted by Gasteiger charge is -2.14. The number of thiophene rings is 1. The molecule has 1 aromatic heterocycles. The molecule has 0 aliphatic heterocycles. The third-order valence-electron chi connectivity index (χ3n) is 3.00. The van der Waals surface area contributed by atoms with Crippen LogP contribution in [-0.4, -0.2) is 0 Å². The van der Waals surface area contributed by atoms with Crippen LogP contribution in [0.1, 0.15) is 33.8 Å². The third kappa shape index (κ3) is 3.02. The number of rotatable bonds is 3. The zero-order valence-corrected chi connectivity index (χ0v) is 11.5. The van der Waals surface area contributed by atoms with Gasteiger partial charge in [-0.05, 0) is 36.8 Å². The molecule has 0 fully saturated rings. The van der Waals surface area contributed by atoms with Crippen molar-refractivity contribution in [2.45, 2.75) is 25.6 Å². The van der Waals surface area contributed by atoms with Gasteiger partial charge in [0.25, 0.3) is 0 Å². The SMILES string of the molecule is CCc1ccc(C(N)c2cc(C(F)(F)F)ccc2F)s1. The molecule has 20 heavy (non-hydrogen) atoms. The molecule has 108 valence electrons. The Morgan fingerprint density at radius 2 is 1.90 bits per heavy atom. The molecule has 2 N–H and O–H groups in total. The average molecular weight is 303 g/mol. The molecule has 0 aliphatic carbocycles. The Hall–Kier alpha value is -1.40. The van der Waals surface area contributed by atoms with Crippen LogP contribution in [0.25, 0.3) is 0 Å². The lowest BCUT2D eigenvalue weighted by Crippen LogP contribution is -2.14. The van der Waals surface area contributed by atoms with Crippen molar-refractivity contribution in [2.24, 2.45) is 5.73 Å². The number of hydrogen-bond donors (Lipinski definition) is 1. The first kappa shape index (κ1) is 15.0. The van der Waals surface area contributed by atoms with Crippen molar-refractivity contribution in [3.63, 3.8) is 0 Å². The highest BCUT2D eigenvalue weighted by Crippen LogP contribution is 2.34. The van der Waals surface area contributed by atoms with Gasteiger partial charge in [-0.1, -0.05) is 6.92 Å². The summed E-state index contributed by atoms with van der Waals surface area (Å²) in [5.41, 5.74) is 4.87. The summed E-state index contributed by atoms with van der Waals surface area (Å²) in [6.45, 7) is 1.96. The molecular weight excluding hydrogens is 290 g/mol. The van der Waals surface area contributed by atoms with Crippen molar-refractivity contribution in [3.8, 4) is 0 Å². The highest BCUT2D eigenvalue weighted by molar-refractivity contribution is 7.12. The fourth-order valence-corrected chi connectivity index (χ4v) is 2.84. The van der Waals surface area contributed by atoms with E-state index in [0.717, 1.165) is 29.5 Å². The first-order chi connectivity index (χ1) is 9.32. The highest BCUT2D eigenvalue weighted by atomic mass is 32.1. The molecular formula is C14H13F4NS. The van der Waals surface area contributed by atoms with E-state index in [1.807, 2.05) is 13.0 Å². The smallest absolute Gasteiger partial charge is 0.320 e. The van der Waals surface area contributed by atoms with Gasteiger partial charge in [0.05, 0.1) is 11.6 Å². The Morgan fingerprint density at radius 3 is 2.45 bits per heavy atom. The normalized spacial score (nSPS) is 13.5. The monoisotopic (exact) mass is 303 g/mol. The Labute approximate surface area is 118 Å². The Bertz CT molecular complexity index is 603. The standard InChI is InChI=1S/C14H13F4NS/c1-2-9-4-6-12(20-9)13(19)10-7-8(14(16,17)18)3-5-11(10)15/h3-7,13H,2,19H2,1H3. The Kier molecular flexibility index (Phi) is 4.15. The maximum atomic E-state index is 13.7. The molecule has 1 heterocycles. The van der Waals surface area contributed by atoms with Crippen LogP contribution in [-0.2, 0) is 12.6 Å². The summed E-state index contributed by atoms with van der Waals surface area (Å²) in [5, 5.41) is 0. The van der Waals surface area contributed by atoms with Crippen LogP contribution in [0, 0.1) is 5.82 Å². The van der Waals surface area contributed by atoms with Gasteiger partial charge in [-0.2, -0.15) is 13.2 Å². The van der Waals surface area contributed by atoms with Gasteiger partial charge < -0.3 is 5.73 Å². The second-order valence-corrected chi connectivity index (χ2v) is 5.57. The molecule has 0 amide bonds. The highest BCUT2D eigenvalue weighted by Gasteiger charge is 2.32. The van der Waals surface area contributed by atoms with Crippen LogP contribution in [0.4, 0.5) is 17.6 Å². The number of nitrogens with two attached hydrogens (primary N) is 1. The number of benzene rings is 1. The van der Waals surface area contributed by atoms with E-state index >= 15 is 0 Å². The lowest BCUT2D eigenvalue weighted by molar-refractivity contribution is -0.137. The third-order valence-corrected chi connectivity index (χ3v) is 4.31. The molecule has 1 aromatic carbocycles. The zero-order valence-electron chi connectivity index (χ0n) is 10.7. The van der Waals surface area contributed by atoms with Gasteiger partial charge in [-0.3, -0.25) is 0 Å². The second kappa shape index (κ2) is 5.54. The van der Waals surface area contributed by atoms with Gasteiger partial charge in [0.1, 0.15) is 5.82 Å². The summed E-state index contributed by atoms with van der Waals surface area (Å²) in [4.78, 5) is 1.71. The first-order valence-corrected chi connectivity index (χ1v) is 6.85. The number of hydrogen-bond acceptors (Lipinski definition) is 2. The molecule has 1 nitrogen and oxygen atoms in total. The van der Waals surface area contributed by atoms with Crippen LogP contribution in [0.15, 0.2) is 30.3 Å². The minimum absolute atomic E-state index is 0.135. The van der Waals surface area contributed by atoms with Gasteiger partial charge in [0.2, 0.25) is 0 Å². The molecule has 6 heteroatoms. The van der Waals surface area contributed by atoms with Crippen LogP contribution in [0.5, 0.6) is 0 Å². The zero-order chi connectivity index (χ0) is 14.9. The van der Waals surface area contributed by atoms with Gasteiger partial charge in [-0.25, -0.2) is 4.39 Å². The summed E-state index contributed by atoms with van der Waals surface area (Å²) in [5.74, 6) is -0.725. The summed E-state index contributed by atoms with van der Waals surface area (Å²) < 4.78 is 51.7. The van der Waals surface area contributed by atoms with Crippen LogP contribution >= 0.6 is 11.3 Å². The van der Waals surface area contributed by atoms with E-state index in [-0.39, 0.29) is 5.56 Å². The molecule has 0 saturated heterocycles. The van der Waals surface area contributed by atoms with Crippen molar-refractivity contribution >= 4 is 11.3 Å². The molecule has 2 rings (SSSR count). The van der Waals surface area contributed by atoms with E-state index < -0.39 is 23.6 Å². The second-order valence-electron chi connectivity index (χ2n) is 4.37. The summed E-state index contributed by atoms with van der Waals surface area (Å²) in [7, 11) is 0. The van der Waals surface area contributed by atoms with Crippen molar-refractivity contribution in [1.29, 1.82) is 0 Å². The largest absolute Gasteiger partial charge is 0.416 e. The predicted octanol–water partition coefficient (Wildman–Crippen LogP) is 4.52. The first-order valence-electron chi connectivity index (χ1n) is 6.03. The van der Waals surface area contributed by atoms with E-state index in [2.05, 4.69) is 0 Å². The maximum Gasteiger partial charge on any atom is 0.416 e. The van der Waals surface area contributed by atoms with Gasteiger partial charge in [-0.15, -0.1) is 11.3 Å². The van der Waals surface area contributed by atoms with E-state index in [4.69, 9.17) is 5.73 Å². The maximum absolute atomic E-state index is 13.7. The van der Waals surface area contributed by atoms with Crippen molar-refractivity contribution in [3.05, 3.63) is 57.0 Å². The number of halogens is 4. The van der Waals surface area contributed by atoms with E-state index in [0.29, 0.717) is 4.88 Å². The fourth-order valence-electron chi connectivity index (χ4n) is 1.86. The van der Waals surface area contributed by atoms with Crippen molar-refractivity contribution < 1.29 is 17.6 Å². The molecule has 2 aromatic rings. The molecule has 0 aliphatic rings. The Morgan fingerprint density at radius 1 is 1.20 bits per heavy atom. The van der Waals surface area contributed by atoms with Gasteiger partial charge in [0, 0.05) is 15.3 Å². The summed E-state index contributed by atoms with van der Waals surface area (Å²) in [6, 6.07) is 5.01. The van der Waals surface area contributed by atoms with Crippen molar-refractivity contribution in [1.82, 2.24) is 0 Å². The van der Waals surface area contributed by atoms with Crippen LogP contribution in [0.3, 0.4) is 0 Å². The topological polar surface area (TPSA) is 26.0 Å². The number of aryl methyl sites for hydroxylation is 1. The minimum atomic E-state index is -4.51. The summed E-state index contributed by atoms with van der Waals surface area (Å²) in [6.07, 6.45) is -3.70. The molecule has 0 bridgehead atoms. The molecule has 0 spiro atoms. The van der Waals surface area contributed by atoms with E-state index in [1.54, 1.807) is 6.07 Å². The fraction of sp³-hybridized carbons (Fsp3) is 0.286. The quantitative estimate of drug-likeness (QED) is 0.829. The predicted molar refractivity (Wildman–Crippen MR) is 71.1 cm³/mol. The molecule has 0 radical (unpaired) electrons. The average Bonchev–Trinajstić information content (AvgIpc) is 2.86. The van der Waals surface area contributed by atoms with E-state index in [1.165, 1.54) is 11.3 Å². The van der Waals surface area contributed by atoms with Gasteiger partial charge in [0.15, 0.2) is 0 Å².